The molecule has 2 rings (SSSR count). The molecule has 2 N–H and O–H groups in total. The molecule has 0 radical (unpaired) electrons. The highest BCUT2D eigenvalue weighted by molar-refractivity contribution is 6.04. The van der Waals surface area contributed by atoms with Crippen LogP contribution in [0.1, 0.15) is 41.9 Å². The summed E-state index contributed by atoms with van der Waals surface area (Å²) in [7, 11) is 1.69. The van der Waals surface area contributed by atoms with Crippen molar-refractivity contribution >= 4 is 17.3 Å². The van der Waals surface area contributed by atoms with Crippen molar-refractivity contribution in [3.8, 4) is 0 Å². The number of amides is 1. The van der Waals surface area contributed by atoms with Crippen LogP contribution < -0.4 is 10.6 Å². The number of methoxy groups -OCH3 is 1. The van der Waals surface area contributed by atoms with Gasteiger partial charge < -0.3 is 15.4 Å². The molecule has 1 aromatic carbocycles. The monoisotopic (exact) mass is 341 g/mol. The molecule has 1 amide bonds. The molecule has 5 nitrogen and oxygen atoms in total. The van der Waals surface area contributed by atoms with E-state index in [4.69, 9.17) is 4.74 Å². The molecular weight excluding hydrogens is 314 g/mol. The number of benzene rings is 1. The number of carbonyl (C=O) groups excluding carboxylic acids is 1. The maximum Gasteiger partial charge on any atom is 0.274 e. The van der Waals surface area contributed by atoms with Gasteiger partial charge in [-0.2, -0.15) is 0 Å². The third-order valence-electron chi connectivity index (χ3n) is 4.08. The SMILES string of the molecule is CCc1cccc(CC)c1NC(=O)c1cc(NCCCOC)ccn1. The van der Waals surface area contributed by atoms with Gasteiger partial charge in [-0.3, -0.25) is 9.78 Å². The Hall–Kier alpha value is -2.40. The molecule has 1 heterocycles. The molecule has 0 unspecified atom stereocenters. The first-order chi connectivity index (χ1) is 12.2. The Morgan fingerprint density at radius 3 is 2.52 bits per heavy atom. The Morgan fingerprint density at radius 2 is 1.88 bits per heavy atom. The van der Waals surface area contributed by atoms with Crippen molar-refractivity contribution in [1.29, 1.82) is 0 Å². The zero-order valence-corrected chi connectivity index (χ0v) is 15.3. The Kier molecular flexibility index (Phi) is 7.41. The molecule has 0 spiro atoms. The predicted molar refractivity (Wildman–Crippen MR) is 102 cm³/mol. The van der Waals surface area contributed by atoms with Crippen molar-refractivity contribution < 1.29 is 9.53 Å². The summed E-state index contributed by atoms with van der Waals surface area (Å²) >= 11 is 0. The highest BCUT2D eigenvalue weighted by atomic mass is 16.5. The maximum absolute atomic E-state index is 12.7. The summed E-state index contributed by atoms with van der Waals surface area (Å²) in [6, 6.07) is 9.78. The Balaban J connectivity index is 2.11. The smallest absolute Gasteiger partial charge is 0.274 e. The second kappa shape index (κ2) is 9.79. The summed E-state index contributed by atoms with van der Waals surface area (Å²) in [5, 5.41) is 6.34. The van der Waals surface area contributed by atoms with Gasteiger partial charge in [-0.15, -0.1) is 0 Å². The zero-order chi connectivity index (χ0) is 18.1. The summed E-state index contributed by atoms with van der Waals surface area (Å²) in [6.07, 6.45) is 4.31. The van der Waals surface area contributed by atoms with Crippen LogP contribution in [0.3, 0.4) is 0 Å². The Bertz CT molecular complexity index is 679. The van der Waals surface area contributed by atoms with E-state index in [2.05, 4.69) is 41.6 Å². The molecule has 0 fully saturated rings. The van der Waals surface area contributed by atoms with Crippen molar-refractivity contribution in [2.24, 2.45) is 0 Å². The van der Waals surface area contributed by atoms with Crippen molar-refractivity contribution in [3.05, 3.63) is 53.3 Å². The highest BCUT2D eigenvalue weighted by Crippen LogP contribution is 2.23. The summed E-state index contributed by atoms with van der Waals surface area (Å²) < 4.78 is 5.04. The van der Waals surface area contributed by atoms with E-state index in [0.29, 0.717) is 12.3 Å². The fourth-order valence-corrected chi connectivity index (χ4v) is 2.69. The molecule has 0 aliphatic carbocycles. The fourth-order valence-electron chi connectivity index (χ4n) is 2.69. The summed E-state index contributed by atoms with van der Waals surface area (Å²) in [5.74, 6) is -0.184. The third-order valence-corrected chi connectivity index (χ3v) is 4.08. The summed E-state index contributed by atoms with van der Waals surface area (Å²) in [5.41, 5.74) is 4.49. The number of rotatable bonds is 9. The number of nitrogens with zero attached hydrogens (tertiary/aromatic N) is 1. The molecule has 0 saturated carbocycles. The minimum Gasteiger partial charge on any atom is -0.385 e. The highest BCUT2D eigenvalue weighted by Gasteiger charge is 2.13. The van der Waals surface area contributed by atoms with Gasteiger partial charge in [0.1, 0.15) is 5.69 Å². The van der Waals surface area contributed by atoms with Gasteiger partial charge in [0, 0.05) is 37.8 Å². The molecule has 0 atom stereocenters. The number of anilines is 2. The second-order valence-electron chi connectivity index (χ2n) is 5.82. The van der Waals surface area contributed by atoms with Gasteiger partial charge in [0.2, 0.25) is 0 Å². The summed E-state index contributed by atoms with van der Waals surface area (Å²) in [4.78, 5) is 16.9. The van der Waals surface area contributed by atoms with Crippen LogP contribution in [0.15, 0.2) is 36.5 Å². The van der Waals surface area contributed by atoms with Gasteiger partial charge in [-0.25, -0.2) is 0 Å². The molecule has 25 heavy (non-hydrogen) atoms. The molecule has 5 heteroatoms. The van der Waals surface area contributed by atoms with Gasteiger partial charge >= 0.3 is 0 Å². The van der Waals surface area contributed by atoms with Gasteiger partial charge in [-0.1, -0.05) is 32.0 Å². The first-order valence-corrected chi connectivity index (χ1v) is 8.80. The normalized spacial score (nSPS) is 10.5. The van der Waals surface area contributed by atoms with E-state index in [9.17, 15) is 4.79 Å². The number of pyridine rings is 1. The van der Waals surface area contributed by atoms with Crippen LogP contribution in [-0.4, -0.2) is 31.2 Å². The van der Waals surface area contributed by atoms with E-state index in [0.717, 1.165) is 48.3 Å². The van der Waals surface area contributed by atoms with Crippen LogP contribution in [0.2, 0.25) is 0 Å². The van der Waals surface area contributed by atoms with E-state index in [1.807, 2.05) is 12.1 Å². The number of para-hydroxylation sites is 1. The number of aryl methyl sites for hydroxylation is 2. The molecule has 1 aromatic heterocycles. The number of carbonyl (C=O) groups is 1. The first kappa shape index (κ1) is 18.9. The largest absolute Gasteiger partial charge is 0.385 e. The lowest BCUT2D eigenvalue weighted by Crippen LogP contribution is -2.16. The van der Waals surface area contributed by atoms with Crippen molar-refractivity contribution in [3.63, 3.8) is 0 Å². The molecule has 0 aliphatic heterocycles. The number of hydrogen-bond donors (Lipinski definition) is 2. The second-order valence-corrected chi connectivity index (χ2v) is 5.82. The Morgan fingerprint density at radius 1 is 1.16 bits per heavy atom. The lowest BCUT2D eigenvalue weighted by Gasteiger charge is -2.14. The van der Waals surface area contributed by atoms with Crippen molar-refractivity contribution in [2.45, 2.75) is 33.1 Å². The molecule has 134 valence electrons. The van der Waals surface area contributed by atoms with Crippen LogP contribution >= 0.6 is 0 Å². The van der Waals surface area contributed by atoms with Gasteiger partial charge in [0.15, 0.2) is 0 Å². The lowest BCUT2D eigenvalue weighted by molar-refractivity contribution is 0.102. The molecule has 0 bridgehead atoms. The minimum absolute atomic E-state index is 0.184. The van der Waals surface area contributed by atoms with Gasteiger partial charge in [-0.05, 0) is 42.5 Å². The quantitative estimate of drug-likeness (QED) is 0.679. The van der Waals surface area contributed by atoms with Crippen LogP contribution in [0.5, 0.6) is 0 Å². The molecule has 2 aromatic rings. The average molecular weight is 341 g/mol. The van der Waals surface area contributed by atoms with E-state index in [1.165, 1.54) is 0 Å². The number of nitrogens with one attached hydrogen (secondary N) is 2. The topological polar surface area (TPSA) is 63.2 Å². The number of aromatic nitrogens is 1. The van der Waals surface area contributed by atoms with Crippen LogP contribution in [0, 0.1) is 0 Å². The van der Waals surface area contributed by atoms with Crippen LogP contribution in [0.4, 0.5) is 11.4 Å². The van der Waals surface area contributed by atoms with Crippen molar-refractivity contribution in [1.82, 2.24) is 4.98 Å². The van der Waals surface area contributed by atoms with E-state index in [1.54, 1.807) is 19.4 Å². The number of hydrogen-bond acceptors (Lipinski definition) is 4. The first-order valence-electron chi connectivity index (χ1n) is 8.80. The predicted octanol–water partition coefficient (Wildman–Crippen LogP) is 3.91. The fraction of sp³-hybridized carbons (Fsp3) is 0.400. The average Bonchev–Trinajstić information content (AvgIpc) is 2.65. The minimum atomic E-state index is -0.184. The third kappa shape index (κ3) is 5.29. The molecular formula is C20H27N3O2. The van der Waals surface area contributed by atoms with Crippen LogP contribution in [0.25, 0.3) is 0 Å². The van der Waals surface area contributed by atoms with Gasteiger partial charge in [0.25, 0.3) is 5.91 Å². The zero-order valence-electron chi connectivity index (χ0n) is 15.3. The van der Waals surface area contributed by atoms with Crippen molar-refractivity contribution in [2.75, 3.05) is 30.9 Å². The molecule has 0 aliphatic rings. The summed E-state index contributed by atoms with van der Waals surface area (Å²) in [6.45, 7) is 5.68. The standard InChI is InChI=1S/C20H27N3O2/c1-4-15-8-6-9-16(5-2)19(15)23-20(24)18-14-17(10-12-22-18)21-11-7-13-25-3/h6,8-10,12,14H,4-5,7,11,13H2,1-3H3,(H,21,22)(H,23,24). The Labute approximate surface area is 149 Å². The molecule has 0 saturated heterocycles. The van der Waals surface area contributed by atoms with E-state index >= 15 is 0 Å². The van der Waals surface area contributed by atoms with Gasteiger partial charge in [0.05, 0.1) is 0 Å². The van der Waals surface area contributed by atoms with E-state index in [-0.39, 0.29) is 5.91 Å². The maximum atomic E-state index is 12.7. The van der Waals surface area contributed by atoms with Crippen LogP contribution in [-0.2, 0) is 17.6 Å². The lowest BCUT2D eigenvalue weighted by atomic mass is 10.0. The van der Waals surface area contributed by atoms with E-state index < -0.39 is 0 Å². The number of ether oxygens (including phenoxy) is 1.